The van der Waals surface area contributed by atoms with Crippen LogP contribution in [0.2, 0.25) is 0 Å². The van der Waals surface area contributed by atoms with Gasteiger partial charge in [-0.25, -0.2) is 8.42 Å². The Kier molecular flexibility index (Phi) is 7.38. The minimum absolute atomic E-state index is 0.0337. The predicted octanol–water partition coefficient (Wildman–Crippen LogP) is 3.40. The molecule has 2 aliphatic rings. The molecule has 1 aliphatic carbocycles. The average Bonchev–Trinajstić information content (AvgIpc) is 2.81. The van der Waals surface area contributed by atoms with Gasteiger partial charge in [-0.05, 0) is 60.4 Å². The van der Waals surface area contributed by atoms with Crippen molar-refractivity contribution in [3.05, 3.63) is 59.7 Å². The molecule has 34 heavy (non-hydrogen) atoms. The van der Waals surface area contributed by atoms with Crippen LogP contribution in [0.5, 0.6) is 0 Å². The number of amides is 2. The molecule has 2 aromatic carbocycles. The van der Waals surface area contributed by atoms with Crippen LogP contribution in [0.3, 0.4) is 0 Å². The first-order chi connectivity index (χ1) is 16.2. The molecule has 4 rings (SSSR count). The first kappa shape index (κ1) is 24.4. The van der Waals surface area contributed by atoms with Gasteiger partial charge >= 0.3 is 0 Å². The lowest BCUT2D eigenvalue weighted by molar-refractivity contribution is -0.124. The maximum atomic E-state index is 13.4. The predicted molar refractivity (Wildman–Crippen MR) is 132 cm³/mol. The number of hydrogen-bond acceptors (Lipinski definition) is 4. The third-order valence-corrected chi connectivity index (χ3v) is 8.68. The molecule has 182 valence electrons. The van der Waals surface area contributed by atoms with Crippen molar-refractivity contribution in [2.75, 3.05) is 5.32 Å². The van der Waals surface area contributed by atoms with Crippen LogP contribution in [-0.2, 0) is 32.5 Å². The molecule has 1 heterocycles. The quantitative estimate of drug-likeness (QED) is 0.561. The maximum Gasteiger partial charge on any atom is 0.241 e. The van der Waals surface area contributed by atoms with Gasteiger partial charge < -0.3 is 10.6 Å². The van der Waals surface area contributed by atoms with Gasteiger partial charge in [0.2, 0.25) is 21.8 Å². The van der Waals surface area contributed by atoms with E-state index in [2.05, 4.69) is 29.2 Å². The third-order valence-electron chi connectivity index (χ3n) is 7.21. The molecule has 0 spiro atoms. The van der Waals surface area contributed by atoms with Crippen molar-refractivity contribution >= 4 is 27.5 Å². The highest BCUT2D eigenvalue weighted by molar-refractivity contribution is 7.89. The average molecular weight is 484 g/mol. The zero-order valence-electron chi connectivity index (χ0n) is 19.7. The highest BCUT2D eigenvalue weighted by Gasteiger charge is 2.32. The number of rotatable bonds is 7. The molecule has 0 radical (unpaired) electrons. The highest BCUT2D eigenvalue weighted by Crippen LogP contribution is 2.30. The van der Waals surface area contributed by atoms with E-state index < -0.39 is 16.1 Å². The second kappa shape index (κ2) is 10.3. The fourth-order valence-electron chi connectivity index (χ4n) is 4.89. The van der Waals surface area contributed by atoms with Crippen LogP contribution in [-0.4, -0.2) is 32.3 Å². The molecular formula is C26H33N3O4S. The number of aryl methyl sites for hydroxylation is 1. The van der Waals surface area contributed by atoms with E-state index in [1.165, 1.54) is 6.07 Å². The van der Waals surface area contributed by atoms with Gasteiger partial charge in [-0.3, -0.25) is 9.59 Å². The molecule has 0 bridgehead atoms. The summed E-state index contributed by atoms with van der Waals surface area (Å²) in [5.41, 5.74) is 2.29. The Labute approximate surface area is 201 Å². The number of hydrogen-bond donors (Lipinski definition) is 3. The number of nitrogens with one attached hydrogen (secondary N) is 3. The van der Waals surface area contributed by atoms with E-state index in [1.54, 1.807) is 12.1 Å². The molecule has 0 unspecified atom stereocenters. The van der Waals surface area contributed by atoms with Gasteiger partial charge in [0.05, 0.1) is 4.90 Å². The number of fused-ring (bicyclic) bond motifs is 1. The first-order valence-corrected chi connectivity index (χ1v) is 13.5. The van der Waals surface area contributed by atoms with Crippen LogP contribution in [0.1, 0.15) is 50.7 Å². The van der Waals surface area contributed by atoms with Crippen LogP contribution >= 0.6 is 0 Å². The van der Waals surface area contributed by atoms with Crippen molar-refractivity contribution in [3.63, 3.8) is 0 Å². The van der Waals surface area contributed by atoms with E-state index in [9.17, 15) is 18.0 Å². The normalized spacial score (nSPS) is 23.5. The number of sulfonamides is 1. The van der Waals surface area contributed by atoms with Crippen LogP contribution < -0.4 is 15.4 Å². The lowest BCUT2D eigenvalue weighted by Crippen LogP contribution is -2.53. The second-order valence-corrected chi connectivity index (χ2v) is 11.3. The largest absolute Gasteiger partial charge is 0.352 e. The Balaban J connectivity index is 1.56. The van der Waals surface area contributed by atoms with Crippen molar-refractivity contribution in [1.82, 2.24) is 10.0 Å². The van der Waals surface area contributed by atoms with Crippen LogP contribution in [0, 0.1) is 11.8 Å². The molecule has 8 heteroatoms. The van der Waals surface area contributed by atoms with Crippen molar-refractivity contribution in [3.8, 4) is 0 Å². The van der Waals surface area contributed by atoms with Gasteiger partial charge in [0, 0.05) is 18.2 Å². The topological polar surface area (TPSA) is 104 Å². The zero-order valence-corrected chi connectivity index (χ0v) is 20.5. The molecule has 0 saturated heterocycles. The van der Waals surface area contributed by atoms with Crippen molar-refractivity contribution in [1.29, 1.82) is 0 Å². The van der Waals surface area contributed by atoms with Gasteiger partial charge in [0.15, 0.2) is 0 Å². The van der Waals surface area contributed by atoms with Gasteiger partial charge in [-0.1, -0.05) is 57.0 Å². The van der Waals surface area contributed by atoms with E-state index in [1.807, 2.05) is 30.3 Å². The molecular weight excluding hydrogens is 450 g/mol. The molecule has 7 nitrogen and oxygen atoms in total. The molecule has 4 atom stereocenters. The molecule has 1 aliphatic heterocycles. The summed E-state index contributed by atoms with van der Waals surface area (Å²) < 4.78 is 29.3. The molecule has 1 saturated carbocycles. The van der Waals surface area contributed by atoms with Gasteiger partial charge in [0.1, 0.15) is 6.04 Å². The summed E-state index contributed by atoms with van der Waals surface area (Å²) in [4.78, 5) is 25.1. The van der Waals surface area contributed by atoms with Gasteiger partial charge in [-0.2, -0.15) is 4.72 Å². The molecule has 3 N–H and O–H groups in total. The summed E-state index contributed by atoms with van der Waals surface area (Å²) in [6, 6.07) is 13.2. The highest BCUT2D eigenvalue weighted by atomic mass is 32.2. The van der Waals surface area contributed by atoms with Crippen molar-refractivity contribution in [2.45, 2.75) is 69.4 Å². The Morgan fingerprint density at radius 3 is 2.62 bits per heavy atom. The summed E-state index contributed by atoms with van der Waals surface area (Å²) in [6.07, 6.45) is 4.16. The summed E-state index contributed by atoms with van der Waals surface area (Å²) >= 11 is 0. The standard InChI is InChI=1S/C26H33N3O4S/c1-17-7-6-10-22(18(17)2)28-26(31)24(15-19-8-4-3-5-9-19)29-34(32,33)21-12-13-23-20(16-21)11-14-25(30)27-23/h3-5,8-9,12-13,16-18,22,24,29H,6-7,10-11,14-15H2,1-2H3,(H,27,30)(H,28,31)/t17-,18-,22+,24+/m1/s1. The Hall–Kier alpha value is -2.71. The summed E-state index contributed by atoms with van der Waals surface area (Å²) in [5, 5.41) is 5.90. The fourth-order valence-corrected chi connectivity index (χ4v) is 6.13. The number of benzene rings is 2. The van der Waals surface area contributed by atoms with Crippen molar-refractivity contribution < 1.29 is 18.0 Å². The third kappa shape index (κ3) is 5.67. The van der Waals surface area contributed by atoms with Gasteiger partial charge in [-0.15, -0.1) is 0 Å². The molecule has 2 aromatic rings. The zero-order chi connectivity index (χ0) is 24.3. The summed E-state index contributed by atoms with van der Waals surface area (Å²) in [7, 11) is -3.96. The minimum atomic E-state index is -3.96. The Morgan fingerprint density at radius 1 is 1.09 bits per heavy atom. The number of anilines is 1. The van der Waals surface area contributed by atoms with E-state index in [0.717, 1.165) is 30.4 Å². The smallest absolute Gasteiger partial charge is 0.241 e. The first-order valence-electron chi connectivity index (χ1n) is 12.0. The van der Waals surface area contributed by atoms with E-state index in [0.29, 0.717) is 30.4 Å². The lowest BCUT2D eigenvalue weighted by Gasteiger charge is -2.35. The van der Waals surface area contributed by atoms with Crippen molar-refractivity contribution in [2.24, 2.45) is 11.8 Å². The van der Waals surface area contributed by atoms with Gasteiger partial charge in [0.25, 0.3) is 0 Å². The Bertz CT molecular complexity index is 1150. The maximum absolute atomic E-state index is 13.4. The van der Waals surface area contributed by atoms with Crippen LogP contribution in [0.25, 0.3) is 0 Å². The minimum Gasteiger partial charge on any atom is -0.352 e. The second-order valence-electron chi connectivity index (χ2n) is 9.61. The van der Waals surface area contributed by atoms with E-state index >= 15 is 0 Å². The van der Waals surface area contributed by atoms with Crippen LogP contribution in [0.4, 0.5) is 5.69 Å². The van der Waals surface area contributed by atoms with E-state index in [4.69, 9.17) is 0 Å². The number of carbonyl (C=O) groups excluding carboxylic acids is 2. The summed E-state index contributed by atoms with van der Waals surface area (Å²) in [6.45, 7) is 4.35. The van der Waals surface area contributed by atoms with E-state index in [-0.39, 0.29) is 29.2 Å². The fraction of sp³-hybridized carbons (Fsp3) is 0.462. The monoisotopic (exact) mass is 483 g/mol. The molecule has 1 fully saturated rings. The van der Waals surface area contributed by atoms with Crippen LogP contribution in [0.15, 0.2) is 53.4 Å². The molecule has 2 amide bonds. The number of carbonyl (C=O) groups is 2. The lowest BCUT2D eigenvalue weighted by atomic mass is 9.78. The Morgan fingerprint density at radius 2 is 1.85 bits per heavy atom. The SMILES string of the molecule is C[C@@H]1[C@H](C)CCC[C@@H]1NC(=O)[C@H](Cc1ccccc1)NS(=O)(=O)c1ccc2c(c1)CCC(=O)N2. The summed E-state index contributed by atoms with van der Waals surface area (Å²) in [5.74, 6) is 0.470. The molecule has 0 aromatic heterocycles.